The summed E-state index contributed by atoms with van der Waals surface area (Å²) in [6.45, 7) is 4.69. The molecule has 1 saturated heterocycles. The monoisotopic (exact) mass is 716 g/mol. The van der Waals surface area contributed by atoms with Crippen molar-refractivity contribution >= 4 is 40.0 Å². The molecule has 0 bridgehead atoms. The number of rotatable bonds is 7. The minimum Gasteiger partial charge on any atom is -0.496 e. The van der Waals surface area contributed by atoms with Crippen LogP contribution in [-0.2, 0) is 19.1 Å². The largest absolute Gasteiger partial charge is 0.496 e. The molecule has 1 N–H and O–H groups in total. The third-order valence-electron chi connectivity index (χ3n) is 11.8. The number of aromatic nitrogens is 2. The topological polar surface area (TPSA) is 120 Å². The van der Waals surface area contributed by atoms with Gasteiger partial charge in [0.2, 0.25) is 11.8 Å². The van der Waals surface area contributed by atoms with E-state index in [2.05, 4.69) is 10.7 Å². The summed E-state index contributed by atoms with van der Waals surface area (Å²) < 4.78 is 18.0. The summed E-state index contributed by atoms with van der Waals surface area (Å²) in [7, 11) is 3.49. The SMILES string of the molecule is CCOC(=O)[C@@]12C[C@H]1CCCCCCN(C)C(=O)[C@@H]1C[C@H](Oc3cc(-c4csc(C5CCCCC5)n4)nc4c(C)c(OC)ccc34)C[C@H]1C(=O)N2. The van der Waals surface area contributed by atoms with Gasteiger partial charge in [-0.25, -0.2) is 14.8 Å². The fraction of sp³-hybridized carbons (Fsp3) is 0.625. The molecule has 51 heavy (non-hydrogen) atoms. The Morgan fingerprint density at radius 3 is 2.51 bits per heavy atom. The molecular formula is C40H52N4O6S. The summed E-state index contributed by atoms with van der Waals surface area (Å²) >= 11 is 1.71. The van der Waals surface area contributed by atoms with Gasteiger partial charge < -0.3 is 24.4 Å². The molecule has 3 aliphatic carbocycles. The lowest BCUT2D eigenvalue weighted by molar-refractivity contribution is -0.150. The van der Waals surface area contributed by atoms with E-state index in [4.69, 9.17) is 24.2 Å². The zero-order valence-corrected chi connectivity index (χ0v) is 31.3. The van der Waals surface area contributed by atoms with Crippen molar-refractivity contribution in [2.24, 2.45) is 17.8 Å². The average molecular weight is 717 g/mol. The maximum Gasteiger partial charge on any atom is 0.332 e. The predicted molar refractivity (Wildman–Crippen MR) is 197 cm³/mol. The van der Waals surface area contributed by atoms with Gasteiger partial charge in [0.1, 0.15) is 23.1 Å². The number of methoxy groups -OCH3 is 1. The first-order valence-corrected chi connectivity index (χ1v) is 19.9. The molecule has 10 nitrogen and oxygen atoms in total. The molecule has 3 heterocycles. The summed E-state index contributed by atoms with van der Waals surface area (Å²) in [4.78, 5) is 53.4. The van der Waals surface area contributed by atoms with E-state index in [0.29, 0.717) is 37.5 Å². The van der Waals surface area contributed by atoms with Crippen LogP contribution in [0.25, 0.3) is 22.3 Å². The fourth-order valence-electron chi connectivity index (χ4n) is 8.79. The van der Waals surface area contributed by atoms with Gasteiger partial charge in [0.25, 0.3) is 0 Å². The van der Waals surface area contributed by atoms with E-state index in [1.165, 1.54) is 37.1 Å². The lowest BCUT2D eigenvalue weighted by Crippen LogP contribution is -2.50. The average Bonchev–Trinajstić information content (AvgIpc) is 3.43. The molecule has 3 saturated carbocycles. The van der Waals surface area contributed by atoms with Crippen molar-refractivity contribution in [3.8, 4) is 22.9 Å². The molecule has 11 heteroatoms. The van der Waals surface area contributed by atoms with Crippen molar-refractivity contribution in [2.75, 3.05) is 27.3 Å². The number of amides is 2. The van der Waals surface area contributed by atoms with Crippen LogP contribution in [0.1, 0.15) is 107 Å². The highest BCUT2D eigenvalue weighted by atomic mass is 32.1. The number of nitrogens with zero attached hydrogens (tertiary/aromatic N) is 3. The van der Waals surface area contributed by atoms with Gasteiger partial charge in [-0.3, -0.25) is 9.59 Å². The molecule has 2 aromatic heterocycles. The van der Waals surface area contributed by atoms with Crippen LogP contribution in [-0.4, -0.2) is 71.6 Å². The van der Waals surface area contributed by atoms with E-state index in [-0.39, 0.29) is 30.3 Å². The lowest BCUT2D eigenvalue weighted by atomic mass is 9.90. The van der Waals surface area contributed by atoms with E-state index in [1.807, 2.05) is 32.2 Å². The molecule has 0 spiro atoms. The van der Waals surface area contributed by atoms with E-state index >= 15 is 0 Å². The fourth-order valence-corrected chi connectivity index (χ4v) is 9.78. The van der Waals surface area contributed by atoms with Crippen molar-refractivity contribution < 1.29 is 28.6 Å². The molecule has 0 radical (unpaired) electrons. The highest BCUT2D eigenvalue weighted by Crippen LogP contribution is 2.49. The Kier molecular flexibility index (Phi) is 10.6. The van der Waals surface area contributed by atoms with Crippen LogP contribution in [0.2, 0.25) is 0 Å². The van der Waals surface area contributed by atoms with Gasteiger partial charge in [-0.1, -0.05) is 38.5 Å². The zero-order valence-electron chi connectivity index (χ0n) is 30.5. The Bertz CT molecular complexity index is 1770. The number of carbonyl (C=O) groups is 3. The number of ether oxygens (including phenoxy) is 3. The number of nitrogens with one attached hydrogen (secondary N) is 1. The Hall–Kier alpha value is -3.73. The molecule has 1 aromatic carbocycles. The Balaban J connectivity index is 1.20. The molecule has 1 aliphatic heterocycles. The van der Waals surface area contributed by atoms with Crippen LogP contribution in [0, 0.1) is 24.7 Å². The number of thiazole rings is 1. The number of hydrogen-bond donors (Lipinski definition) is 1. The molecule has 2 amide bonds. The molecule has 0 unspecified atom stereocenters. The molecule has 7 rings (SSSR count). The van der Waals surface area contributed by atoms with Gasteiger partial charge in [0, 0.05) is 41.9 Å². The van der Waals surface area contributed by atoms with Gasteiger partial charge in [-0.05, 0) is 76.8 Å². The van der Waals surface area contributed by atoms with Crippen molar-refractivity contribution in [1.29, 1.82) is 0 Å². The van der Waals surface area contributed by atoms with Crippen LogP contribution in [0.3, 0.4) is 0 Å². The van der Waals surface area contributed by atoms with Crippen LogP contribution in [0.5, 0.6) is 11.5 Å². The minimum absolute atomic E-state index is 0.0468. The summed E-state index contributed by atoms with van der Waals surface area (Å²) in [6, 6.07) is 5.86. The van der Waals surface area contributed by atoms with Crippen molar-refractivity contribution in [3.05, 3.63) is 34.2 Å². The van der Waals surface area contributed by atoms with Gasteiger partial charge in [0.05, 0.1) is 47.5 Å². The van der Waals surface area contributed by atoms with E-state index in [1.54, 1.807) is 30.3 Å². The Morgan fingerprint density at radius 2 is 1.73 bits per heavy atom. The summed E-state index contributed by atoms with van der Waals surface area (Å²) in [5.74, 6) is 0.0665. The zero-order chi connectivity index (χ0) is 35.7. The number of fused-ring (bicyclic) bond motifs is 3. The summed E-state index contributed by atoms with van der Waals surface area (Å²) in [5, 5.41) is 7.24. The Labute approximate surface area is 305 Å². The first-order chi connectivity index (χ1) is 24.7. The normalized spacial score (nSPS) is 27.6. The predicted octanol–water partition coefficient (Wildman–Crippen LogP) is 7.36. The second-order valence-electron chi connectivity index (χ2n) is 15.2. The van der Waals surface area contributed by atoms with E-state index < -0.39 is 23.5 Å². The maximum absolute atomic E-state index is 14.2. The smallest absolute Gasteiger partial charge is 0.332 e. The van der Waals surface area contributed by atoms with Gasteiger partial charge in [-0.2, -0.15) is 0 Å². The first-order valence-electron chi connectivity index (χ1n) is 19.1. The summed E-state index contributed by atoms with van der Waals surface area (Å²) in [5.41, 5.74) is 2.23. The van der Waals surface area contributed by atoms with Crippen molar-refractivity contribution in [3.63, 3.8) is 0 Å². The quantitative estimate of drug-likeness (QED) is 0.252. The molecular weight excluding hydrogens is 665 g/mol. The van der Waals surface area contributed by atoms with Crippen LogP contribution < -0.4 is 14.8 Å². The number of benzene rings is 1. The first kappa shape index (κ1) is 35.7. The standard InChI is InChI=1S/C40H52N4O6S/c1-5-49-39(47)40-22-26(40)15-11-6-7-12-18-44(3)38(46)30-20-27(19-29(30)36(45)43-40)50-34-21-31(41-35-24(2)33(48-4)17-16-28(34)35)32-23-51-37(42-32)25-13-9-8-10-14-25/h16-17,21,23,25-27,29-30H,5-15,18-20,22H2,1-4H3,(H,43,45)/t26-,27-,29-,30-,40-/m1/s1. The molecule has 274 valence electrons. The van der Waals surface area contributed by atoms with Gasteiger partial charge in [0.15, 0.2) is 0 Å². The molecule has 5 atom stereocenters. The third-order valence-corrected chi connectivity index (χ3v) is 12.8. The third kappa shape index (κ3) is 7.19. The van der Waals surface area contributed by atoms with Crippen LogP contribution in [0.15, 0.2) is 23.6 Å². The van der Waals surface area contributed by atoms with E-state index in [9.17, 15) is 14.4 Å². The summed E-state index contributed by atoms with van der Waals surface area (Å²) in [6.07, 6.45) is 11.9. The lowest BCUT2D eigenvalue weighted by Gasteiger charge is -2.26. The number of esters is 1. The highest BCUT2D eigenvalue weighted by molar-refractivity contribution is 7.10. The van der Waals surface area contributed by atoms with Gasteiger partial charge in [-0.15, -0.1) is 11.3 Å². The number of aryl methyl sites for hydroxylation is 1. The molecule has 4 fully saturated rings. The van der Waals surface area contributed by atoms with Crippen LogP contribution >= 0.6 is 11.3 Å². The van der Waals surface area contributed by atoms with E-state index in [0.717, 1.165) is 65.7 Å². The van der Waals surface area contributed by atoms with Crippen molar-refractivity contribution in [1.82, 2.24) is 20.2 Å². The molecule has 3 aromatic rings. The second kappa shape index (κ2) is 15.1. The molecule has 4 aliphatic rings. The number of pyridine rings is 1. The Morgan fingerprint density at radius 1 is 0.980 bits per heavy atom. The van der Waals surface area contributed by atoms with Gasteiger partial charge >= 0.3 is 5.97 Å². The highest BCUT2D eigenvalue weighted by Gasteiger charge is 2.62. The maximum atomic E-state index is 14.2. The minimum atomic E-state index is -1.01. The number of carbonyl (C=O) groups excluding carboxylic acids is 3. The van der Waals surface area contributed by atoms with Crippen molar-refractivity contribution in [2.45, 2.75) is 115 Å². The number of hydrogen-bond acceptors (Lipinski definition) is 9. The van der Waals surface area contributed by atoms with Crippen LogP contribution in [0.4, 0.5) is 0 Å². The second-order valence-corrected chi connectivity index (χ2v) is 16.1.